The maximum Gasteiger partial charge on any atom is 0.237 e. The summed E-state index contributed by atoms with van der Waals surface area (Å²) >= 11 is 0. The molecule has 2 aliphatic rings. The second-order valence-electron chi connectivity index (χ2n) is 9.11. The van der Waals surface area contributed by atoms with Crippen LogP contribution < -0.4 is 14.8 Å². The predicted molar refractivity (Wildman–Crippen MR) is 136 cm³/mol. The molecule has 11 heteroatoms. The van der Waals surface area contributed by atoms with Crippen molar-refractivity contribution in [1.29, 1.82) is 0 Å². The summed E-state index contributed by atoms with van der Waals surface area (Å²) in [5.74, 6) is 0.632. The zero-order valence-electron chi connectivity index (χ0n) is 20.2. The van der Waals surface area contributed by atoms with Crippen molar-refractivity contribution in [3.63, 3.8) is 0 Å². The Hall–Kier alpha value is -3.31. The summed E-state index contributed by atoms with van der Waals surface area (Å²) in [5.41, 5.74) is 3.15. The number of anilines is 2. The normalized spacial score (nSPS) is 17.4. The van der Waals surface area contributed by atoms with Crippen LogP contribution in [0.15, 0.2) is 48.9 Å². The lowest BCUT2D eigenvalue weighted by Crippen LogP contribution is -2.41. The minimum Gasteiger partial charge on any atom is -0.477 e. The van der Waals surface area contributed by atoms with Crippen LogP contribution in [0.2, 0.25) is 0 Å². The molecule has 3 heterocycles. The van der Waals surface area contributed by atoms with Gasteiger partial charge in [-0.1, -0.05) is 12.1 Å². The van der Waals surface area contributed by atoms with Gasteiger partial charge in [-0.05, 0) is 50.8 Å². The molecule has 2 N–H and O–H groups in total. The Labute approximate surface area is 211 Å². The molecule has 2 fully saturated rings. The summed E-state index contributed by atoms with van der Waals surface area (Å²) in [5, 5.41) is 3.21. The second-order valence-corrected chi connectivity index (χ2v) is 11.1. The highest BCUT2D eigenvalue weighted by atomic mass is 32.2. The van der Waals surface area contributed by atoms with E-state index in [-0.39, 0.29) is 16.6 Å². The highest BCUT2D eigenvalue weighted by Crippen LogP contribution is 2.35. The largest absolute Gasteiger partial charge is 0.477 e. The monoisotopic (exact) mass is 510 g/mol. The topological polar surface area (TPSA) is 128 Å². The van der Waals surface area contributed by atoms with Crippen molar-refractivity contribution in [2.45, 2.75) is 43.3 Å². The maximum atomic E-state index is 12.4. The second kappa shape index (κ2) is 10.4. The molecule has 0 spiro atoms. The highest BCUT2D eigenvalue weighted by molar-refractivity contribution is 7.93. The number of rotatable bonds is 10. The first-order chi connectivity index (χ1) is 17.5. The number of hydrogen-bond acceptors (Lipinski definition) is 9. The summed E-state index contributed by atoms with van der Waals surface area (Å²) in [4.78, 5) is 17.5. The van der Waals surface area contributed by atoms with E-state index in [9.17, 15) is 8.42 Å². The van der Waals surface area contributed by atoms with Crippen LogP contribution in [0.3, 0.4) is 0 Å². The van der Waals surface area contributed by atoms with Crippen LogP contribution in [0.1, 0.15) is 38.3 Å². The molecule has 190 valence electrons. The van der Waals surface area contributed by atoms with E-state index in [4.69, 9.17) is 9.47 Å². The van der Waals surface area contributed by atoms with Crippen LogP contribution in [0.25, 0.3) is 11.3 Å². The lowest BCUT2D eigenvalue weighted by Gasteiger charge is -2.37. The fourth-order valence-electron chi connectivity index (χ4n) is 4.31. The Morgan fingerprint density at radius 1 is 1.08 bits per heavy atom. The van der Waals surface area contributed by atoms with Crippen molar-refractivity contribution in [1.82, 2.24) is 19.9 Å². The van der Waals surface area contributed by atoms with Gasteiger partial charge < -0.3 is 14.8 Å². The van der Waals surface area contributed by atoms with Crippen LogP contribution in [-0.4, -0.2) is 60.0 Å². The number of aromatic nitrogens is 4. The third kappa shape index (κ3) is 5.57. The van der Waals surface area contributed by atoms with Gasteiger partial charge in [-0.2, -0.15) is 0 Å². The Balaban J connectivity index is 1.31. The van der Waals surface area contributed by atoms with E-state index in [1.165, 1.54) is 0 Å². The van der Waals surface area contributed by atoms with Crippen LogP contribution >= 0.6 is 0 Å². The molecule has 0 unspecified atom stereocenters. The van der Waals surface area contributed by atoms with Crippen LogP contribution in [-0.2, 0) is 20.2 Å². The molecule has 36 heavy (non-hydrogen) atoms. The standard InChI is InChI=1S/C25H30N6O4S/c1-2-35-23-16-26-15-21(29-23)18-3-5-19(6-4-18)28-17-25(10-13-34-14-11-25)22-9-12-27-24(30-22)31-36(32,33)20-7-8-20/h3-6,9,12,15-16,20,28H,2,7-8,10-11,13-14,17H2,1H3,(H,27,30,31). The first-order valence-corrected chi connectivity index (χ1v) is 13.7. The van der Waals surface area contributed by atoms with Gasteiger partial charge in [0.1, 0.15) is 0 Å². The average molecular weight is 511 g/mol. The molecule has 10 nitrogen and oxygen atoms in total. The van der Waals surface area contributed by atoms with Gasteiger partial charge in [0.2, 0.25) is 21.9 Å². The van der Waals surface area contributed by atoms with Crippen molar-refractivity contribution >= 4 is 21.7 Å². The minimum atomic E-state index is -3.43. The van der Waals surface area contributed by atoms with Gasteiger partial charge in [0.15, 0.2) is 0 Å². The van der Waals surface area contributed by atoms with Gasteiger partial charge in [-0.25, -0.2) is 23.4 Å². The Kier molecular flexibility index (Phi) is 7.01. The molecule has 0 atom stereocenters. The summed E-state index contributed by atoms with van der Waals surface area (Å²) in [7, 11) is -3.43. The van der Waals surface area contributed by atoms with Gasteiger partial charge in [0.25, 0.3) is 0 Å². The average Bonchev–Trinajstić information content (AvgIpc) is 3.75. The summed E-state index contributed by atoms with van der Waals surface area (Å²) in [6, 6.07) is 9.87. The lowest BCUT2D eigenvalue weighted by atomic mass is 9.77. The molecule has 2 aromatic heterocycles. The maximum absolute atomic E-state index is 12.4. The number of ether oxygens (including phenoxy) is 2. The minimum absolute atomic E-state index is 0.130. The van der Waals surface area contributed by atoms with Crippen molar-refractivity contribution in [2.75, 3.05) is 36.4 Å². The molecule has 1 saturated carbocycles. The first-order valence-electron chi connectivity index (χ1n) is 12.2. The van der Waals surface area contributed by atoms with Crippen molar-refractivity contribution < 1.29 is 17.9 Å². The summed E-state index contributed by atoms with van der Waals surface area (Å²) in [6.45, 7) is 4.30. The van der Waals surface area contributed by atoms with E-state index in [1.807, 2.05) is 37.3 Å². The molecule has 5 rings (SSSR count). The highest BCUT2D eigenvalue weighted by Gasteiger charge is 2.38. The molecule has 3 aromatic rings. The lowest BCUT2D eigenvalue weighted by molar-refractivity contribution is 0.0530. The van der Waals surface area contributed by atoms with E-state index in [0.29, 0.717) is 45.1 Å². The number of nitrogens with zero attached hydrogens (tertiary/aromatic N) is 4. The summed E-state index contributed by atoms with van der Waals surface area (Å²) in [6.07, 6.45) is 7.84. The van der Waals surface area contributed by atoms with Crippen molar-refractivity contribution in [2.24, 2.45) is 0 Å². The van der Waals surface area contributed by atoms with Gasteiger partial charge in [-0.15, -0.1) is 0 Å². The molecular weight excluding hydrogens is 480 g/mol. The van der Waals surface area contributed by atoms with Gasteiger partial charge in [-0.3, -0.25) is 9.71 Å². The first kappa shape index (κ1) is 24.4. The van der Waals surface area contributed by atoms with E-state index in [1.54, 1.807) is 18.6 Å². The molecule has 1 aliphatic carbocycles. The number of nitrogens with one attached hydrogen (secondary N) is 2. The van der Waals surface area contributed by atoms with E-state index < -0.39 is 10.0 Å². The number of benzene rings is 1. The molecule has 0 amide bonds. The van der Waals surface area contributed by atoms with Crippen LogP contribution in [0.4, 0.5) is 11.6 Å². The molecular formula is C25H30N6O4S. The quantitative estimate of drug-likeness (QED) is 0.422. The SMILES string of the molecule is CCOc1cncc(-c2ccc(NCC3(c4ccnc(NS(=O)(=O)C5CC5)n4)CCOCC3)cc2)n1. The fraction of sp³-hybridized carbons (Fsp3) is 0.440. The Morgan fingerprint density at radius 2 is 1.86 bits per heavy atom. The van der Waals surface area contributed by atoms with Gasteiger partial charge in [0, 0.05) is 42.6 Å². The van der Waals surface area contributed by atoms with E-state index in [2.05, 4.69) is 30.0 Å². The third-order valence-corrected chi connectivity index (χ3v) is 8.38. The molecule has 0 radical (unpaired) electrons. The molecule has 1 aromatic carbocycles. The Morgan fingerprint density at radius 3 is 2.58 bits per heavy atom. The number of hydrogen-bond donors (Lipinski definition) is 2. The molecule has 1 aliphatic heterocycles. The van der Waals surface area contributed by atoms with Gasteiger partial charge >= 0.3 is 0 Å². The smallest absolute Gasteiger partial charge is 0.237 e. The van der Waals surface area contributed by atoms with E-state index >= 15 is 0 Å². The molecule has 0 bridgehead atoms. The van der Waals surface area contributed by atoms with E-state index in [0.717, 1.165) is 35.5 Å². The molecule has 1 saturated heterocycles. The van der Waals surface area contributed by atoms with Gasteiger partial charge in [0.05, 0.1) is 35.6 Å². The third-order valence-electron chi connectivity index (χ3n) is 6.56. The fourth-order valence-corrected chi connectivity index (χ4v) is 5.59. The Bertz CT molecular complexity index is 1290. The predicted octanol–water partition coefficient (Wildman–Crippen LogP) is 3.40. The zero-order valence-corrected chi connectivity index (χ0v) is 21.0. The number of sulfonamides is 1. The van der Waals surface area contributed by atoms with Crippen LogP contribution in [0, 0.1) is 0 Å². The summed E-state index contributed by atoms with van der Waals surface area (Å²) < 4.78 is 38.4. The van der Waals surface area contributed by atoms with Crippen molar-refractivity contribution in [3.8, 4) is 17.1 Å². The van der Waals surface area contributed by atoms with Crippen LogP contribution in [0.5, 0.6) is 5.88 Å². The zero-order chi connectivity index (χ0) is 25.0. The van der Waals surface area contributed by atoms with Crippen molar-refractivity contribution in [3.05, 3.63) is 54.6 Å².